The van der Waals surface area contributed by atoms with Gasteiger partial charge in [0.1, 0.15) is 27.2 Å². The molecule has 90 valence electrons. The SMILES string of the molecule is CC(CS(C)(=O)=O)Nc1c(F)cccc1F. The molecular formula is C10H13F2NO2S. The molecule has 1 aromatic rings. The highest BCUT2D eigenvalue weighted by molar-refractivity contribution is 7.90. The molecule has 0 aromatic heterocycles. The van der Waals surface area contributed by atoms with Gasteiger partial charge in [-0.05, 0) is 19.1 Å². The zero-order valence-electron chi connectivity index (χ0n) is 9.00. The van der Waals surface area contributed by atoms with Gasteiger partial charge < -0.3 is 5.32 Å². The van der Waals surface area contributed by atoms with Gasteiger partial charge in [-0.15, -0.1) is 0 Å². The molecule has 0 aliphatic carbocycles. The fourth-order valence-electron chi connectivity index (χ4n) is 1.38. The normalized spacial score (nSPS) is 13.5. The second kappa shape index (κ2) is 4.78. The number of nitrogens with one attached hydrogen (secondary N) is 1. The number of para-hydroxylation sites is 1. The van der Waals surface area contributed by atoms with Crippen molar-refractivity contribution in [2.75, 3.05) is 17.3 Å². The molecule has 0 aliphatic heterocycles. The maximum Gasteiger partial charge on any atom is 0.149 e. The third kappa shape index (κ3) is 3.77. The minimum absolute atomic E-state index is 0.180. The minimum atomic E-state index is -3.18. The summed E-state index contributed by atoms with van der Waals surface area (Å²) in [5.41, 5.74) is -0.293. The van der Waals surface area contributed by atoms with Crippen LogP contribution in [0.1, 0.15) is 6.92 Å². The predicted molar refractivity (Wildman–Crippen MR) is 59.2 cm³/mol. The van der Waals surface area contributed by atoms with E-state index in [9.17, 15) is 17.2 Å². The molecule has 1 atom stereocenters. The van der Waals surface area contributed by atoms with Gasteiger partial charge in [0.25, 0.3) is 0 Å². The van der Waals surface area contributed by atoms with E-state index in [1.807, 2.05) is 0 Å². The van der Waals surface area contributed by atoms with Gasteiger partial charge in [-0.25, -0.2) is 17.2 Å². The van der Waals surface area contributed by atoms with E-state index in [4.69, 9.17) is 0 Å². The first kappa shape index (κ1) is 12.9. The quantitative estimate of drug-likeness (QED) is 0.885. The molecule has 0 saturated heterocycles. The Kier molecular flexibility index (Phi) is 3.85. The number of halogens is 2. The minimum Gasteiger partial charge on any atom is -0.377 e. The lowest BCUT2D eigenvalue weighted by Gasteiger charge is -2.15. The van der Waals surface area contributed by atoms with E-state index in [-0.39, 0.29) is 11.4 Å². The van der Waals surface area contributed by atoms with Crippen molar-refractivity contribution in [2.24, 2.45) is 0 Å². The van der Waals surface area contributed by atoms with Crippen LogP contribution >= 0.6 is 0 Å². The number of benzene rings is 1. The van der Waals surface area contributed by atoms with Crippen LogP contribution in [0.4, 0.5) is 14.5 Å². The summed E-state index contributed by atoms with van der Waals surface area (Å²) >= 11 is 0. The lowest BCUT2D eigenvalue weighted by atomic mass is 10.2. The van der Waals surface area contributed by atoms with Crippen molar-refractivity contribution in [3.63, 3.8) is 0 Å². The van der Waals surface area contributed by atoms with E-state index in [0.29, 0.717) is 0 Å². The van der Waals surface area contributed by atoms with Crippen molar-refractivity contribution in [1.29, 1.82) is 0 Å². The monoisotopic (exact) mass is 249 g/mol. The van der Waals surface area contributed by atoms with Crippen LogP contribution in [-0.4, -0.2) is 26.5 Å². The van der Waals surface area contributed by atoms with Crippen molar-refractivity contribution in [1.82, 2.24) is 0 Å². The second-order valence-electron chi connectivity index (χ2n) is 3.73. The molecule has 0 radical (unpaired) electrons. The highest BCUT2D eigenvalue weighted by Gasteiger charge is 2.14. The molecule has 0 heterocycles. The van der Waals surface area contributed by atoms with E-state index in [1.165, 1.54) is 6.07 Å². The maximum absolute atomic E-state index is 13.2. The van der Waals surface area contributed by atoms with Crippen molar-refractivity contribution in [2.45, 2.75) is 13.0 Å². The van der Waals surface area contributed by atoms with Crippen molar-refractivity contribution in [3.8, 4) is 0 Å². The summed E-state index contributed by atoms with van der Waals surface area (Å²) in [6.07, 6.45) is 1.07. The van der Waals surface area contributed by atoms with Crippen molar-refractivity contribution < 1.29 is 17.2 Å². The summed E-state index contributed by atoms with van der Waals surface area (Å²) in [5, 5.41) is 2.51. The van der Waals surface area contributed by atoms with Crippen LogP contribution in [0.15, 0.2) is 18.2 Å². The van der Waals surface area contributed by atoms with E-state index >= 15 is 0 Å². The molecule has 1 aromatic carbocycles. The van der Waals surface area contributed by atoms with Gasteiger partial charge in [-0.2, -0.15) is 0 Å². The Hall–Kier alpha value is -1.17. The largest absolute Gasteiger partial charge is 0.377 e. The topological polar surface area (TPSA) is 46.2 Å². The van der Waals surface area contributed by atoms with Gasteiger partial charge >= 0.3 is 0 Å². The van der Waals surface area contributed by atoms with Gasteiger partial charge in [-0.1, -0.05) is 6.07 Å². The summed E-state index contributed by atoms with van der Waals surface area (Å²) in [7, 11) is -3.18. The molecule has 16 heavy (non-hydrogen) atoms. The summed E-state index contributed by atoms with van der Waals surface area (Å²) < 4.78 is 48.3. The molecule has 1 unspecified atom stereocenters. The standard InChI is InChI=1S/C10H13F2NO2S/c1-7(6-16(2,14)15)13-10-8(11)4-3-5-9(10)12/h3-5,7,13H,6H2,1-2H3. The molecule has 0 aliphatic rings. The van der Waals surface area contributed by atoms with Crippen LogP contribution in [0.5, 0.6) is 0 Å². The Morgan fingerprint density at radius 1 is 1.31 bits per heavy atom. The van der Waals surface area contributed by atoms with Crippen LogP contribution in [0.2, 0.25) is 0 Å². The molecule has 0 fully saturated rings. The highest BCUT2D eigenvalue weighted by atomic mass is 32.2. The van der Waals surface area contributed by atoms with Crippen molar-refractivity contribution >= 4 is 15.5 Å². The van der Waals surface area contributed by atoms with E-state index < -0.39 is 27.5 Å². The van der Waals surface area contributed by atoms with Crippen molar-refractivity contribution in [3.05, 3.63) is 29.8 Å². The molecule has 1 rings (SSSR count). The van der Waals surface area contributed by atoms with Crippen LogP contribution in [-0.2, 0) is 9.84 Å². The summed E-state index contributed by atoms with van der Waals surface area (Å²) in [4.78, 5) is 0. The lowest BCUT2D eigenvalue weighted by Crippen LogP contribution is -2.26. The Labute approximate surface area is 93.4 Å². The highest BCUT2D eigenvalue weighted by Crippen LogP contribution is 2.19. The smallest absolute Gasteiger partial charge is 0.149 e. The maximum atomic E-state index is 13.2. The molecule has 1 N–H and O–H groups in total. The summed E-state index contributed by atoms with van der Waals surface area (Å²) in [5.74, 6) is -1.65. The fraction of sp³-hybridized carbons (Fsp3) is 0.400. The van der Waals surface area contributed by atoms with Crippen LogP contribution in [0.25, 0.3) is 0 Å². The lowest BCUT2D eigenvalue weighted by molar-refractivity contribution is 0.581. The number of sulfone groups is 1. The number of hydrogen-bond donors (Lipinski definition) is 1. The fourth-order valence-corrected chi connectivity index (χ4v) is 2.37. The molecule has 0 saturated carbocycles. The molecule has 6 heteroatoms. The third-order valence-corrected chi connectivity index (χ3v) is 3.01. The Bertz CT molecular complexity index is 453. The molecule has 0 amide bonds. The van der Waals surface area contributed by atoms with Gasteiger partial charge in [0, 0.05) is 12.3 Å². The molecular weight excluding hydrogens is 236 g/mol. The first-order chi connectivity index (χ1) is 7.29. The first-order valence-corrected chi connectivity index (χ1v) is 6.74. The predicted octanol–water partition coefficient (Wildman–Crippen LogP) is 1.81. The molecule has 0 bridgehead atoms. The summed E-state index contributed by atoms with van der Waals surface area (Å²) in [6.45, 7) is 1.55. The number of anilines is 1. The third-order valence-electron chi connectivity index (χ3n) is 1.91. The summed E-state index contributed by atoms with van der Waals surface area (Å²) in [6, 6.07) is 2.91. The first-order valence-electron chi connectivity index (χ1n) is 4.68. The molecule has 0 spiro atoms. The average Bonchev–Trinajstić information content (AvgIpc) is 2.08. The Balaban J connectivity index is 2.81. The number of rotatable bonds is 4. The van der Waals surface area contributed by atoms with Crippen LogP contribution in [0, 0.1) is 11.6 Å². The van der Waals surface area contributed by atoms with Gasteiger partial charge in [0.05, 0.1) is 5.75 Å². The van der Waals surface area contributed by atoms with Gasteiger partial charge in [0.2, 0.25) is 0 Å². The van der Waals surface area contributed by atoms with E-state index in [2.05, 4.69) is 5.32 Å². The van der Waals surface area contributed by atoms with Crippen LogP contribution in [0.3, 0.4) is 0 Å². The van der Waals surface area contributed by atoms with E-state index in [1.54, 1.807) is 6.92 Å². The average molecular weight is 249 g/mol. The van der Waals surface area contributed by atoms with Gasteiger partial charge in [0.15, 0.2) is 0 Å². The zero-order chi connectivity index (χ0) is 12.3. The van der Waals surface area contributed by atoms with Gasteiger partial charge in [-0.3, -0.25) is 0 Å². The number of hydrogen-bond acceptors (Lipinski definition) is 3. The second-order valence-corrected chi connectivity index (χ2v) is 5.92. The molecule has 3 nitrogen and oxygen atoms in total. The Morgan fingerprint density at radius 2 is 1.81 bits per heavy atom. The zero-order valence-corrected chi connectivity index (χ0v) is 9.81. The van der Waals surface area contributed by atoms with E-state index in [0.717, 1.165) is 18.4 Å². The Morgan fingerprint density at radius 3 is 2.25 bits per heavy atom. The van der Waals surface area contributed by atoms with Crippen LogP contribution < -0.4 is 5.32 Å².